The van der Waals surface area contributed by atoms with Crippen LogP contribution in [0.1, 0.15) is 62.8 Å². The Morgan fingerprint density at radius 3 is 2.59 bits per heavy atom. The summed E-state index contributed by atoms with van der Waals surface area (Å²) in [5, 5.41) is 0. The summed E-state index contributed by atoms with van der Waals surface area (Å²) in [6.45, 7) is 6.31. The Morgan fingerprint density at radius 1 is 1.06 bits per heavy atom. The van der Waals surface area contributed by atoms with Crippen molar-refractivity contribution in [3.8, 4) is 0 Å². The fourth-order valence-electron chi connectivity index (χ4n) is 4.60. The SMILES string of the molecule is COCc1ccc(C(=O)N2CCC[C@H](c3cc(Cc4ccccc4C)cc(C)n3)C2)cc1. The number of pyridine rings is 1. The van der Waals surface area contributed by atoms with E-state index in [2.05, 4.69) is 50.2 Å². The average Bonchev–Trinajstić information content (AvgIpc) is 2.81. The number of rotatable bonds is 6. The molecule has 0 bridgehead atoms. The van der Waals surface area contributed by atoms with Gasteiger partial charge in [0.25, 0.3) is 5.91 Å². The first-order chi connectivity index (χ1) is 15.5. The Morgan fingerprint density at radius 2 is 1.84 bits per heavy atom. The van der Waals surface area contributed by atoms with E-state index in [0.717, 1.165) is 54.9 Å². The molecule has 0 aliphatic carbocycles. The highest BCUT2D eigenvalue weighted by molar-refractivity contribution is 5.94. The Hall–Kier alpha value is -2.98. The van der Waals surface area contributed by atoms with Crippen LogP contribution in [0.3, 0.4) is 0 Å². The van der Waals surface area contributed by atoms with Crippen LogP contribution in [0.4, 0.5) is 0 Å². The summed E-state index contributed by atoms with van der Waals surface area (Å²) < 4.78 is 5.17. The van der Waals surface area contributed by atoms with Crippen LogP contribution in [0.25, 0.3) is 0 Å². The quantitative estimate of drug-likeness (QED) is 0.524. The van der Waals surface area contributed by atoms with Gasteiger partial charge in [-0.05, 0) is 79.6 Å². The molecule has 2 heterocycles. The lowest BCUT2D eigenvalue weighted by atomic mass is 9.91. The molecule has 0 radical (unpaired) electrons. The first-order valence-electron chi connectivity index (χ1n) is 11.4. The van der Waals surface area contributed by atoms with E-state index in [4.69, 9.17) is 9.72 Å². The number of ether oxygens (including phenoxy) is 1. The van der Waals surface area contributed by atoms with E-state index < -0.39 is 0 Å². The van der Waals surface area contributed by atoms with Crippen molar-refractivity contribution in [3.05, 3.63) is 99.9 Å². The van der Waals surface area contributed by atoms with Crippen molar-refractivity contribution >= 4 is 5.91 Å². The zero-order valence-corrected chi connectivity index (χ0v) is 19.3. The van der Waals surface area contributed by atoms with Crippen LogP contribution in [0.15, 0.2) is 60.7 Å². The summed E-state index contributed by atoms with van der Waals surface area (Å²) in [7, 11) is 1.68. The van der Waals surface area contributed by atoms with Gasteiger partial charge in [-0.3, -0.25) is 9.78 Å². The number of nitrogens with zero attached hydrogens (tertiary/aromatic N) is 2. The van der Waals surface area contributed by atoms with Gasteiger partial charge in [0.15, 0.2) is 0 Å². The standard InChI is InChI=1S/C28H32N2O2/c1-20-7-4-5-8-25(20)16-23-15-21(2)29-27(17-23)26-9-6-14-30(18-26)28(31)24-12-10-22(11-13-24)19-32-3/h4-5,7-8,10-13,15,17,26H,6,9,14,16,18-19H2,1-3H3/t26-/m0/s1. The lowest BCUT2D eigenvalue weighted by molar-refractivity contribution is 0.0706. The van der Waals surface area contributed by atoms with Gasteiger partial charge >= 0.3 is 0 Å². The molecule has 1 atom stereocenters. The van der Waals surface area contributed by atoms with Crippen LogP contribution in [-0.4, -0.2) is 36.0 Å². The fourth-order valence-corrected chi connectivity index (χ4v) is 4.60. The molecule has 1 fully saturated rings. The third-order valence-corrected chi connectivity index (χ3v) is 6.33. The molecule has 166 valence electrons. The van der Waals surface area contributed by atoms with Crippen LogP contribution in [0, 0.1) is 13.8 Å². The van der Waals surface area contributed by atoms with Gasteiger partial charge in [-0.25, -0.2) is 0 Å². The van der Waals surface area contributed by atoms with E-state index in [9.17, 15) is 4.79 Å². The number of hydrogen-bond donors (Lipinski definition) is 0. The number of benzene rings is 2. The van der Waals surface area contributed by atoms with Crippen molar-refractivity contribution in [1.29, 1.82) is 0 Å². The normalized spacial score (nSPS) is 16.2. The first kappa shape index (κ1) is 22.2. The Balaban J connectivity index is 1.49. The number of carbonyl (C=O) groups is 1. The van der Waals surface area contributed by atoms with Gasteiger partial charge < -0.3 is 9.64 Å². The summed E-state index contributed by atoms with van der Waals surface area (Å²) in [5.41, 5.74) is 7.92. The topological polar surface area (TPSA) is 42.4 Å². The van der Waals surface area contributed by atoms with Gasteiger partial charge in [0.05, 0.1) is 6.61 Å². The molecule has 0 unspecified atom stereocenters. The molecule has 0 spiro atoms. The molecule has 1 amide bonds. The maximum absolute atomic E-state index is 13.1. The van der Waals surface area contributed by atoms with Crippen molar-refractivity contribution in [2.24, 2.45) is 0 Å². The molecule has 1 aliphatic rings. The number of aryl methyl sites for hydroxylation is 2. The maximum Gasteiger partial charge on any atom is 0.253 e. The Labute approximate surface area is 191 Å². The average molecular weight is 429 g/mol. The number of piperidine rings is 1. The number of hydrogen-bond acceptors (Lipinski definition) is 3. The first-order valence-corrected chi connectivity index (χ1v) is 11.4. The van der Waals surface area contributed by atoms with Gasteiger partial charge in [-0.15, -0.1) is 0 Å². The second kappa shape index (κ2) is 10.1. The van der Waals surface area contributed by atoms with Crippen molar-refractivity contribution < 1.29 is 9.53 Å². The molecular weight excluding hydrogens is 396 g/mol. The van der Waals surface area contributed by atoms with Crippen LogP contribution >= 0.6 is 0 Å². The van der Waals surface area contributed by atoms with Crippen molar-refractivity contribution in [2.75, 3.05) is 20.2 Å². The summed E-state index contributed by atoms with van der Waals surface area (Å²) in [4.78, 5) is 20.0. The van der Waals surface area contributed by atoms with Gasteiger partial charge in [0.2, 0.25) is 0 Å². The second-order valence-electron chi connectivity index (χ2n) is 8.87. The molecule has 3 aromatic rings. The summed E-state index contributed by atoms with van der Waals surface area (Å²) >= 11 is 0. The zero-order valence-electron chi connectivity index (χ0n) is 19.3. The minimum Gasteiger partial charge on any atom is -0.380 e. The summed E-state index contributed by atoms with van der Waals surface area (Å²) in [6, 6.07) is 20.7. The molecule has 32 heavy (non-hydrogen) atoms. The molecule has 4 rings (SSSR count). The number of likely N-dealkylation sites (tertiary alicyclic amines) is 1. The molecule has 4 nitrogen and oxygen atoms in total. The highest BCUT2D eigenvalue weighted by Crippen LogP contribution is 2.28. The van der Waals surface area contributed by atoms with Gasteiger partial charge in [-0.1, -0.05) is 36.4 Å². The number of carbonyl (C=O) groups excluding carboxylic acids is 1. The van der Waals surface area contributed by atoms with E-state index in [1.54, 1.807) is 7.11 Å². The number of amides is 1. The number of aromatic nitrogens is 1. The molecule has 4 heteroatoms. The van der Waals surface area contributed by atoms with Crippen LogP contribution < -0.4 is 0 Å². The van der Waals surface area contributed by atoms with Crippen LogP contribution in [-0.2, 0) is 17.8 Å². The van der Waals surface area contributed by atoms with E-state index in [1.807, 2.05) is 29.2 Å². The Kier molecular flexibility index (Phi) is 7.01. The minimum absolute atomic E-state index is 0.103. The maximum atomic E-state index is 13.1. The third-order valence-electron chi connectivity index (χ3n) is 6.33. The van der Waals surface area contributed by atoms with E-state index in [-0.39, 0.29) is 11.8 Å². The van der Waals surface area contributed by atoms with Crippen molar-refractivity contribution in [1.82, 2.24) is 9.88 Å². The van der Waals surface area contributed by atoms with Crippen LogP contribution in [0.2, 0.25) is 0 Å². The highest BCUT2D eigenvalue weighted by atomic mass is 16.5. The molecule has 1 aliphatic heterocycles. The summed E-state index contributed by atoms with van der Waals surface area (Å²) in [6.07, 6.45) is 2.98. The largest absolute Gasteiger partial charge is 0.380 e. The monoisotopic (exact) mass is 428 g/mol. The fraction of sp³-hybridized carbons (Fsp3) is 0.357. The molecule has 2 aromatic carbocycles. The number of methoxy groups -OCH3 is 1. The van der Waals surface area contributed by atoms with Crippen molar-refractivity contribution in [2.45, 2.75) is 45.6 Å². The molecule has 1 aromatic heterocycles. The van der Waals surface area contributed by atoms with Gasteiger partial charge in [0, 0.05) is 43.1 Å². The van der Waals surface area contributed by atoms with E-state index in [0.29, 0.717) is 6.61 Å². The predicted octanol–water partition coefficient (Wildman–Crippen LogP) is 5.46. The van der Waals surface area contributed by atoms with Gasteiger partial charge in [0.1, 0.15) is 0 Å². The molecule has 0 N–H and O–H groups in total. The Bertz CT molecular complexity index is 1080. The smallest absolute Gasteiger partial charge is 0.253 e. The van der Waals surface area contributed by atoms with Crippen molar-refractivity contribution in [3.63, 3.8) is 0 Å². The third kappa shape index (κ3) is 5.25. The second-order valence-corrected chi connectivity index (χ2v) is 8.87. The highest BCUT2D eigenvalue weighted by Gasteiger charge is 2.26. The molecular formula is C28H32N2O2. The van der Waals surface area contributed by atoms with Crippen LogP contribution in [0.5, 0.6) is 0 Å². The van der Waals surface area contributed by atoms with Gasteiger partial charge in [-0.2, -0.15) is 0 Å². The summed E-state index contributed by atoms with van der Waals surface area (Å²) in [5.74, 6) is 0.377. The van der Waals surface area contributed by atoms with E-state index in [1.165, 1.54) is 16.7 Å². The lowest BCUT2D eigenvalue weighted by Crippen LogP contribution is -2.39. The molecule has 1 saturated heterocycles. The lowest BCUT2D eigenvalue weighted by Gasteiger charge is -2.33. The van der Waals surface area contributed by atoms with E-state index >= 15 is 0 Å². The molecule has 0 saturated carbocycles. The zero-order chi connectivity index (χ0) is 22.5. The predicted molar refractivity (Wildman–Crippen MR) is 128 cm³/mol. The minimum atomic E-state index is 0.103.